The van der Waals surface area contributed by atoms with Gasteiger partial charge in [-0.05, 0) is 79.2 Å². The average molecular weight is 533 g/mol. The summed E-state index contributed by atoms with van der Waals surface area (Å²) < 4.78 is 5.39. The molecule has 0 bridgehead atoms. The van der Waals surface area contributed by atoms with Crippen LogP contribution >= 0.6 is 0 Å². The second kappa shape index (κ2) is 14.7. The Morgan fingerprint density at radius 1 is 0.921 bits per heavy atom. The van der Waals surface area contributed by atoms with Crippen LogP contribution in [-0.2, 0) is 19.1 Å². The molecule has 0 aliphatic carbocycles. The van der Waals surface area contributed by atoms with Crippen molar-refractivity contribution in [2.24, 2.45) is 11.7 Å². The number of rotatable bonds is 13. The van der Waals surface area contributed by atoms with Gasteiger partial charge in [0.1, 0.15) is 17.7 Å². The molecule has 9 heteroatoms. The Hall–Kier alpha value is -3.10. The summed E-state index contributed by atoms with van der Waals surface area (Å²) in [6, 6.07) is 4.94. The minimum atomic E-state index is -1.11. The number of amides is 4. The van der Waals surface area contributed by atoms with Crippen LogP contribution < -0.4 is 16.4 Å². The number of hydrogen-bond donors (Lipinski definition) is 3. The van der Waals surface area contributed by atoms with E-state index in [0.717, 1.165) is 12.0 Å². The molecular weight excluding hydrogens is 484 g/mol. The molecule has 1 rings (SSSR count). The molecule has 0 heterocycles. The minimum absolute atomic E-state index is 0.0206. The number of alkyl carbamates (subject to hydrolysis) is 1. The summed E-state index contributed by atoms with van der Waals surface area (Å²) in [4.78, 5) is 53.7. The van der Waals surface area contributed by atoms with Crippen molar-refractivity contribution in [1.82, 2.24) is 15.5 Å². The maximum Gasteiger partial charge on any atom is 0.408 e. The zero-order valence-electron chi connectivity index (χ0n) is 24.6. The summed E-state index contributed by atoms with van der Waals surface area (Å²) in [5, 5.41) is 5.59. The molecule has 0 aliphatic heterocycles. The van der Waals surface area contributed by atoms with Crippen LogP contribution in [0.4, 0.5) is 4.79 Å². The van der Waals surface area contributed by atoms with Crippen molar-refractivity contribution in [2.75, 3.05) is 0 Å². The SMILES string of the molecule is Cc1ccc(C(C(=O)NC(C)C)N(C(=O)C(CCC(N)=O)NC(=O)OC(C)(C)C)C(C)CCC(C)C)cc1. The lowest BCUT2D eigenvalue weighted by Gasteiger charge is -2.39. The molecule has 0 radical (unpaired) electrons. The summed E-state index contributed by atoms with van der Waals surface area (Å²) >= 11 is 0. The minimum Gasteiger partial charge on any atom is -0.444 e. The van der Waals surface area contributed by atoms with Crippen LogP contribution in [0.1, 0.15) is 98.2 Å². The Morgan fingerprint density at radius 2 is 1.50 bits per heavy atom. The van der Waals surface area contributed by atoms with Crippen LogP contribution in [0.15, 0.2) is 24.3 Å². The third-order valence-corrected chi connectivity index (χ3v) is 5.91. The zero-order valence-corrected chi connectivity index (χ0v) is 24.6. The van der Waals surface area contributed by atoms with Gasteiger partial charge in [0.2, 0.25) is 17.7 Å². The smallest absolute Gasteiger partial charge is 0.408 e. The normalized spacial score (nSPS) is 14.0. The fourth-order valence-electron chi connectivity index (χ4n) is 4.04. The molecule has 1 aromatic rings. The Bertz CT molecular complexity index is 937. The van der Waals surface area contributed by atoms with Crippen molar-refractivity contribution in [2.45, 2.75) is 118 Å². The van der Waals surface area contributed by atoms with Gasteiger partial charge in [0.15, 0.2) is 0 Å². The number of ether oxygens (including phenoxy) is 1. The maximum atomic E-state index is 14.2. The molecule has 0 saturated heterocycles. The summed E-state index contributed by atoms with van der Waals surface area (Å²) in [5.41, 5.74) is 6.28. The molecule has 214 valence electrons. The van der Waals surface area contributed by atoms with Gasteiger partial charge >= 0.3 is 6.09 Å². The molecule has 0 aliphatic rings. The van der Waals surface area contributed by atoms with Gasteiger partial charge < -0.3 is 26.0 Å². The molecule has 0 spiro atoms. The number of benzene rings is 1. The first-order valence-corrected chi connectivity index (χ1v) is 13.5. The van der Waals surface area contributed by atoms with E-state index in [1.165, 1.54) is 0 Å². The standard InChI is InChI=1S/C29H48N4O5/c1-18(2)10-13-21(6)33(25(26(35)31-19(3)4)22-14-11-20(5)12-15-22)27(36)23(16-17-24(30)34)32-28(37)38-29(7,8)9/h11-12,14-15,18-19,21,23,25H,10,13,16-17H2,1-9H3,(H2,30,34)(H,31,35)(H,32,37). The highest BCUT2D eigenvalue weighted by atomic mass is 16.6. The van der Waals surface area contributed by atoms with E-state index in [4.69, 9.17) is 10.5 Å². The van der Waals surface area contributed by atoms with E-state index in [0.29, 0.717) is 17.9 Å². The predicted octanol–water partition coefficient (Wildman–Crippen LogP) is 4.37. The first-order chi connectivity index (χ1) is 17.5. The fourth-order valence-corrected chi connectivity index (χ4v) is 4.04. The highest BCUT2D eigenvalue weighted by Gasteiger charge is 2.39. The number of nitrogens with two attached hydrogens (primary N) is 1. The third-order valence-electron chi connectivity index (χ3n) is 5.91. The summed E-state index contributed by atoms with van der Waals surface area (Å²) in [6.07, 6.45) is 0.563. The Balaban J connectivity index is 3.60. The second-order valence-electron chi connectivity index (χ2n) is 11.7. The molecule has 0 saturated carbocycles. The Labute approximate surface area is 228 Å². The van der Waals surface area contributed by atoms with Crippen LogP contribution in [0.5, 0.6) is 0 Å². The van der Waals surface area contributed by atoms with Gasteiger partial charge in [0.05, 0.1) is 0 Å². The van der Waals surface area contributed by atoms with E-state index >= 15 is 0 Å². The van der Waals surface area contributed by atoms with Crippen molar-refractivity contribution >= 4 is 23.8 Å². The number of aryl methyl sites for hydroxylation is 1. The number of hydrogen-bond acceptors (Lipinski definition) is 5. The highest BCUT2D eigenvalue weighted by Crippen LogP contribution is 2.28. The van der Waals surface area contributed by atoms with Crippen molar-refractivity contribution in [3.05, 3.63) is 35.4 Å². The molecule has 4 amide bonds. The van der Waals surface area contributed by atoms with Crippen molar-refractivity contribution < 1.29 is 23.9 Å². The molecule has 1 aromatic carbocycles. The highest BCUT2D eigenvalue weighted by molar-refractivity contribution is 5.92. The molecule has 3 unspecified atom stereocenters. The van der Waals surface area contributed by atoms with E-state index in [1.807, 2.05) is 52.0 Å². The lowest BCUT2D eigenvalue weighted by Crippen LogP contribution is -2.56. The Morgan fingerprint density at radius 3 is 1.97 bits per heavy atom. The summed E-state index contributed by atoms with van der Waals surface area (Å²) in [6.45, 7) is 16.9. The second-order valence-corrected chi connectivity index (χ2v) is 11.7. The average Bonchev–Trinajstić information content (AvgIpc) is 2.77. The Kier molecular flexibility index (Phi) is 12.8. The lowest BCUT2D eigenvalue weighted by molar-refractivity contribution is -0.145. The van der Waals surface area contributed by atoms with Gasteiger partial charge in [-0.25, -0.2) is 4.79 Å². The van der Waals surface area contributed by atoms with Crippen LogP contribution in [0.3, 0.4) is 0 Å². The van der Waals surface area contributed by atoms with Crippen LogP contribution in [0.25, 0.3) is 0 Å². The number of carbonyl (C=O) groups excluding carboxylic acids is 4. The quantitative estimate of drug-likeness (QED) is 0.347. The van der Waals surface area contributed by atoms with Crippen molar-refractivity contribution in [3.8, 4) is 0 Å². The largest absolute Gasteiger partial charge is 0.444 e. The van der Waals surface area contributed by atoms with Gasteiger partial charge in [-0.2, -0.15) is 0 Å². The molecule has 9 nitrogen and oxygen atoms in total. The zero-order chi connectivity index (χ0) is 29.2. The van der Waals surface area contributed by atoms with E-state index in [9.17, 15) is 19.2 Å². The first-order valence-electron chi connectivity index (χ1n) is 13.5. The van der Waals surface area contributed by atoms with Crippen molar-refractivity contribution in [1.29, 1.82) is 0 Å². The van der Waals surface area contributed by atoms with E-state index < -0.39 is 35.6 Å². The van der Waals surface area contributed by atoms with E-state index in [2.05, 4.69) is 24.5 Å². The maximum absolute atomic E-state index is 14.2. The van der Waals surface area contributed by atoms with Gasteiger partial charge in [-0.1, -0.05) is 43.7 Å². The van der Waals surface area contributed by atoms with Crippen molar-refractivity contribution in [3.63, 3.8) is 0 Å². The van der Waals surface area contributed by atoms with E-state index in [-0.39, 0.29) is 30.8 Å². The number of nitrogens with one attached hydrogen (secondary N) is 2. The van der Waals surface area contributed by atoms with Crippen LogP contribution in [0.2, 0.25) is 0 Å². The number of primary amides is 1. The van der Waals surface area contributed by atoms with E-state index in [1.54, 1.807) is 25.7 Å². The van der Waals surface area contributed by atoms with Gasteiger partial charge in [0.25, 0.3) is 0 Å². The van der Waals surface area contributed by atoms with Gasteiger partial charge in [-0.15, -0.1) is 0 Å². The monoisotopic (exact) mass is 532 g/mol. The topological polar surface area (TPSA) is 131 Å². The van der Waals surface area contributed by atoms with Gasteiger partial charge in [-0.3, -0.25) is 14.4 Å². The number of carbonyl (C=O) groups is 4. The van der Waals surface area contributed by atoms with Gasteiger partial charge in [0, 0.05) is 18.5 Å². The molecule has 38 heavy (non-hydrogen) atoms. The fraction of sp³-hybridized carbons (Fsp3) is 0.655. The summed E-state index contributed by atoms with van der Waals surface area (Å²) in [5.74, 6) is -1.000. The molecular formula is C29H48N4O5. The van der Waals surface area contributed by atoms with Crippen LogP contribution in [-0.4, -0.2) is 52.4 Å². The number of nitrogens with zero attached hydrogens (tertiary/aromatic N) is 1. The molecule has 0 fully saturated rings. The molecule has 0 aromatic heterocycles. The molecule has 4 N–H and O–H groups in total. The first kappa shape index (κ1) is 32.9. The third kappa shape index (κ3) is 11.5. The van der Waals surface area contributed by atoms with Crippen LogP contribution in [0, 0.1) is 12.8 Å². The summed E-state index contributed by atoms with van der Waals surface area (Å²) in [7, 11) is 0. The lowest BCUT2D eigenvalue weighted by atomic mass is 9.96. The molecule has 3 atom stereocenters. The predicted molar refractivity (Wildman–Crippen MR) is 149 cm³/mol.